The highest BCUT2D eigenvalue weighted by Crippen LogP contribution is 2.20. The monoisotopic (exact) mass is 270 g/mol. The summed E-state index contributed by atoms with van der Waals surface area (Å²) in [5.74, 6) is -0.764. The number of nitrogens with one attached hydrogen (secondary N) is 2. The molecule has 0 aliphatic heterocycles. The topological polar surface area (TPSA) is 101 Å². The van der Waals surface area contributed by atoms with Gasteiger partial charge in [0.2, 0.25) is 10.0 Å². The molecule has 8 heteroatoms. The Balaban J connectivity index is 2.23. The molecule has 4 N–H and O–H groups in total. The van der Waals surface area contributed by atoms with E-state index in [1.54, 1.807) is 6.07 Å². The molecule has 1 heterocycles. The number of hydrogen-bond donors (Lipinski definition) is 3. The van der Waals surface area contributed by atoms with Crippen molar-refractivity contribution >= 4 is 15.7 Å². The maximum atomic E-state index is 13.2. The smallest absolute Gasteiger partial charge is 0.243 e. The Bertz CT molecular complexity index is 640. The molecule has 96 valence electrons. The summed E-state index contributed by atoms with van der Waals surface area (Å²) >= 11 is 0. The molecule has 1 aromatic heterocycles. The zero-order chi connectivity index (χ0) is 13.2. The number of hydrogen-bond acceptors (Lipinski definition) is 4. The van der Waals surface area contributed by atoms with Crippen molar-refractivity contribution < 1.29 is 12.8 Å². The number of aromatic nitrogens is 2. The number of nitrogen functional groups attached to an aromatic ring is 1. The second-order valence-electron chi connectivity index (χ2n) is 3.56. The molecule has 2 rings (SSSR count). The number of nitrogens with zero attached hydrogens (tertiary/aromatic N) is 1. The van der Waals surface area contributed by atoms with Crippen molar-refractivity contribution in [3.05, 3.63) is 42.0 Å². The number of nitrogens with two attached hydrogens (primary N) is 1. The Morgan fingerprint density at radius 2 is 2.17 bits per heavy atom. The number of rotatable bonds is 4. The van der Waals surface area contributed by atoms with Crippen LogP contribution in [0.25, 0.3) is 0 Å². The SMILES string of the molecule is Nc1c(F)cccc1S(=O)(=O)NCc1ccn[nH]1. The van der Waals surface area contributed by atoms with E-state index in [1.807, 2.05) is 0 Å². The van der Waals surface area contributed by atoms with Gasteiger partial charge in [-0.3, -0.25) is 5.10 Å². The van der Waals surface area contributed by atoms with Gasteiger partial charge in [-0.2, -0.15) is 5.10 Å². The third kappa shape index (κ3) is 2.49. The van der Waals surface area contributed by atoms with Crippen molar-refractivity contribution in [2.24, 2.45) is 0 Å². The van der Waals surface area contributed by atoms with Crippen LogP contribution in [0, 0.1) is 5.82 Å². The van der Waals surface area contributed by atoms with Gasteiger partial charge < -0.3 is 5.73 Å². The van der Waals surface area contributed by atoms with E-state index in [1.165, 1.54) is 18.3 Å². The number of anilines is 1. The molecule has 0 aliphatic rings. The molecule has 0 bridgehead atoms. The second-order valence-corrected chi connectivity index (χ2v) is 5.29. The first kappa shape index (κ1) is 12.5. The van der Waals surface area contributed by atoms with Crippen LogP contribution in [0.4, 0.5) is 10.1 Å². The van der Waals surface area contributed by atoms with Gasteiger partial charge in [0.15, 0.2) is 0 Å². The summed E-state index contributed by atoms with van der Waals surface area (Å²) in [6.07, 6.45) is 1.50. The van der Waals surface area contributed by atoms with Crippen LogP contribution in [-0.2, 0) is 16.6 Å². The fraction of sp³-hybridized carbons (Fsp3) is 0.100. The minimum Gasteiger partial charge on any atom is -0.395 e. The van der Waals surface area contributed by atoms with Crippen molar-refractivity contribution in [3.63, 3.8) is 0 Å². The molecule has 6 nitrogen and oxygen atoms in total. The Labute approximate surface area is 103 Å². The highest BCUT2D eigenvalue weighted by atomic mass is 32.2. The summed E-state index contributed by atoms with van der Waals surface area (Å²) in [7, 11) is -3.85. The van der Waals surface area contributed by atoms with Crippen LogP contribution in [0.15, 0.2) is 35.4 Å². The zero-order valence-corrected chi connectivity index (χ0v) is 10.0. The molecule has 1 aromatic carbocycles. The standard InChI is InChI=1S/C10H11FN4O2S/c11-8-2-1-3-9(10(8)12)18(16,17)14-6-7-4-5-13-15-7/h1-5,14H,6,12H2,(H,13,15). The van der Waals surface area contributed by atoms with Gasteiger partial charge in [0.05, 0.1) is 17.9 Å². The Morgan fingerprint density at radius 1 is 1.39 bits per heavy atom. The van der Waals surface area contributed by atoms with Gasteiger partial charge >= 0.3 is 0 Å². The van der Waals surface area contributed by atoms with Crippen LogP contribution in [0.3, 0.4) is 0 Å². The average molecular weight is 270 g/mol. The summed E-state index contributed by atoms with van der Waals surface area (Å²) in [5, 5.41) is 6.29. The van der Waals surface area contributed by atoms with E-state index >= 15 is 0 Å². The van der Waals surface area contributed by atoms with Crippen molar-refractivity contribution in [1.82, 2.24) is 14.9 Å². The number of H-pyrrole nitrogens is 1. The lowest BCUT2D eigenvalue weighted by atomic mass is 10.3. The molecule has 0 spiro atoms. The van der Waals surface area contributed by atoms with Gasteiger partial charge in [-0.15, -0.1) is 0 Å². The zero-order valence-electron chi connectivity index (χ0n) is 9.22. The molecule has 0 radical (unpaired) electrons. The molecule has 18 heavy (non-hydrogen) atoms. The highest BCUT2D eigenvalue weighted by molar-refractivity contribution is 7.89. The first-order chi connectivity index (χ1) is 8.50. The van der Waals surface area contributed by atoms with Gasteiger partial charge in [-0.25, -0.2) is 17.5 Å². The molecule has 0 unspecified atom stereocenters. The van der Waals surface area contributed by atoms with E-state index < -0.39 is 21.5 Å². The van der Waals surface area contributed by atoms with Gasteiger partial charge in [0, 0.05) is 6.20 Å². The minimum atomic E-state index is -3.85. The number of halogens is 1. The van der Waals surface area contributed by atoms with E-state index in [-0.39, 0.29) is 11.4 Å². The molecule has 0 amide bonds. The molecule has 0 fully saturated rings. The second kappa shape index (κ2) is 4.75. The van der Waals surface area contributed by atoms with Gasteiger partial charge in [-0.05, 0) is 18.2 Å². The Hall–Kier alpha value is -1.93. The quantitative estimate of drug-likeness (QED) is 0.708. The third-order valence-corrected chi connectivity index (χ3v) is 3.77. The number of aromatic amines is 1. The van der Waals surface area contributed by atoms with E-state index in [0.29, 0.717) is 5.69 Å². The first-order valence-electron chi connectivity index (χ1n) is 5.02. The Kier molecular flexibility index (Phi) is 3.30. The van der Waals surface area contributed by atoms with Gasteiger partial charge in [0.25, 0.3) is 0 Å². The fourth-order valence-corrected chi connectivity index (χ4v) is 2.53. The summed E-state index contributed by atoms with van der Waals surface area (Å²) in [5.41, 5.74) is 5.60. The fourth-order valence-electron chi connectivity index (χ4n) is 1.39. The van der Waals surface area contributed by atoms with Crippen LogP contribution < -0.4 is 10.5 Å². The molecule has 0 saturated carbocycles. The van der Waals surface area contributed by atoms with E-state index in [2.05, 4.69) is 14.9 Å². The normalized spacial score (nSPS) is 11.6. The average Bonchev–Trinajstić information content (AvgIpc) is 2.83. The predicted molar refractivity (Wildman–Crippen MR) is 63.4 cm³/mol. The molecule has 0 saturated heterocycles. The van der Waals surface area contributed by atoms with E-state index in [4.69, 9.17) is 5.73 Å². The summed E-state index contributed by atoms with van der Waals surface area (Å²) < 4.78 is 39.3. The predicted octanol–water partition coefficient (Wildman–Crippen LogP) is 0.610. The lowest BCUT2D eigenvalue weighted by Crippen LogP contribution is -2.24. The molecular formula is C10H11FN4O2S. The van der Waals surface area contributed by atoms with Crippen LogP contribution in [-0.4, -0.2) is 18.6 Å². The summed E-state index contributed by atoms with van der Waals surface area (Å²) in [4.78, 5) is -0.276. The van der Waals surface area contributed by atoms with E-state index in [0.717, 1.165) is 6.07 Å². The van der Waals surface area contributed by atoms with Gasteiger partial charge in [0.1, 0.15) is 10.7 Å². The number of para-hydroxylation sites is 1. The van der Waals surface area contributed by atoms with Crippen LogP contribution in [0.5, 0.6) is 0 Å². The summed E-state index contributed by atoms with van der Waals surface area (Å²) in [6, 6.07) is 5.25. The molecule has 0 aliphatic carbocycles. The Morgan fingerprint density at radius 3 is 2.83 bits per heavy atom. The molecular weight excluding hydrogens is 259 g/mol. The number of benzene rings is 1. The van der Waals surface area contributed by atoms with Crippen LogP contribution in [0.2, 0.25) is 0 Å². The van der Waals surface area contributed by atoms with E-state index in [9.17, 15) is 12.8 Å². The van der Waals surface area contributed by atoms with Crippen molar-refractivity contribution in [3.8, 4) is 0 Å². The maximum absolute atomic E-state index is 13.2. The molecule has 0 atom stereocenters. The number of sulfonamides is 1. The lowest BCUT2D eigenvalue weighted by Gasteiger charge is -2.08. The van der Waals surface area contributed by atoms with Crippen LogP contribution >= 0.6 is 0 Å². The molecule has 2 aromatic rings. The van der Waals surface area contributed by atoms with Crippen molar-refractivity contribution in [2.45, 2.75) is 11.4 Å². The highest BCUT2D eigenvalue weighted by Gasteiger charge is 2.19. The minimum absolute atomic E-state index is 0.0261. The van der Waals surface area contributed by atoms with Gasteiger partial charge in [-0.1, -0.05) is 6.07 Å². The first-order valence-corrected chi connectivity index (χ1v) is 6.51. The largest absolute Gasteiger partial charge is 0.395 e. The van der Waals surface area contributed by atoms with Crippen molar-refractivity contribution in [2.75, 3.05) is 5.73 Å². The third-order valence-electron chi connectivity index (χ3n) is 2.31. The maximum Gasteiger partial charge on any atom is 0.243 e. The van der Waals surface area contributed by atoms with Crippen molar-refractivity contribution in [1.29, 1.82) is 0 Å². The lowest BCUT2D eigenvalue weighted by molar-refractivity contribution is 0.578. The summed E-state index contributed by atoms with van der Waals surface area (Å²) in [6.45, 7) is 0.0261. The van der Waals surface area contributed by atoms with Crippen LogP contribution in [0.1, 0.15) is 5.69 Å².